The van der Waals surface area contributed by atoms with Gasteiger partial charge in [0.15, 0.2) is 5.78 Å². The van der Waals surface area contributed by atoms with Gasteiger partial charge in [-0.2, -0.15) is 0 Å². The zero-order valence-electron chi connectivity index (χ0n) is 7.49. The van der Waals surface area contributed by atoms with Crippen molar-refractivity contribution in [3.8, 4) is 0 Å². The lowest BCUT2D eigenvalue weighted by atomic mass is 9.82. The maximum Gasteiger partial charge on any atom is 0.158 e. The van der Waals surface area contributed by atoms with Gasteiger partial charge in [0.1, 0.15) is 6.10 Å². The Kier molecular flexibility index (Phi) is 3.23. The summed E-state index contributed by atoms with van der Waals surface area (Å²) >= 11 is 0. The molecule has 1 aliphatic carbocycles. The van der Waals surface area contributed by atoms with Gasteiger partial charge in [0.2, 0.25) is 0 Å². The van der Waals surface area contributed by atoms with Crippen molar-refractivity contribution in [3.63, 3.8) is 0 Å². The summed E-state index contributed by atoms with van der Waals surface area (Å²) in [6, 6.07) is 0.278. The second-order valence-electron chi connectivity index (χ2n) is 3.73. The van der Waals surface area contributed by atoms with Gasteiger partial charge in [-0.1, -0.05) is 0 Å². The van der Waals surface area contributed by atoms with Crippen LogP contribution in [0.1, 0.15) is 32.6 Å². The predicted molar refractivity (Wildman–Crippen MR) is 46.6 cm³/mol. The molecule has 0 heterocycles. The number of nitrogens with two attached hydrogens (primary N) is 1. The molecule has 3 nitrogen and oxygen atoms in total. The number of aliphatic hydroxyl groups is 1. The molecule has 0 aromatic rings. The normalized spacial score (nSPS) is 32.9. The average Bonchev–Trinajstić information content (AvgIpc) is 2.04. The molecule has 3 heteroatoms. The van der Waals surface area contributed by atoms with Gasteiger partial charge in [0.25, 0.3) is 0 Å². The van der Waals surface area contributed by atoms with Gasteiger partial charge in [0, 0.05) is 6.04 Å². The summed E-state index contributed by atoms with van der Waals surface area (Å²) in [6.07, 6.45) is 2.91. The van der Waals surface area contributed by atoms with Crippen LogP contribution in [0.25, 0.3) is 0 Å². The van der Waals surface area contributed by atoms with Crippen LogP contribution >= 0.6 is 0 Å². The molecule has 0 amide bonds. The monoisotopic (exact) mass is 171 g/mol. The highest BCUT2D eigenvalue weighted by atomic mass is 16.3. The third-order valence-electron chi connectivity index (χ3n) is 2.68. The number of Topliss-reactive ketones (excluding diaryl/α,β-unsaturated/α-hetero) is 1. The Balaban J connectivity index is 2.39. The zero-order chi connectivity index (χ0) is 9.14. The van der Waals surface area contributed by atoms with E-state index in [-0.39, 0.29) is 17.7 Å². The van der Waals surface area contributed by atoms with Crippen molar-refractivity contribution in [1.82, 2.24) is 0 Å². The van der Waals surface area contributed by atoms with Crippen LogP contribution in [0.5, 0.6) is 0 Å². The number of carbonyl (C=O) groups excluding carboxylic acids is 1. The summed E-state index contributed by atoms with van der Waals surface area (Å²) in [6.45, 7) is 1.44. The van der Waals surface area contributed by atoms with E-state index in [0.717, 1.165) is 25.7 Å². The largest absolute Gasteiger partial charge is 0.385 e. The molecule has 1 atom stereocenters. The number of aliphatic hydroxyl groups excluding tert-OH is 1. The summed E-state index contributed by atoms with van der Waals surface area (Å²) in [7, 11) is 0. The van der Waals surface area contributed by atoms with E-state index in [2.05, 4.69) is 0 Å². The summed E-state index contributed by atoms with van der Waals surface area (Å²) in [5.74, 6) is 0.0396. The lowest BCUT2D eigenvalue weighted by Crippen LogP contribution is -2.34. The van der Waals surface area contributed by atoms with Crippen LogP contribution in [0.15, 0.2) is 0 Å². The van der Waals surface area contributed by atoms with Crippen LogP contribution in [0.3, 0.4) is 0 Å². The second kappa shape index (κ2) is 4.01. The Bertz CT molecular complexity index is 162. The molecular formula is C9H17NO2. The van der Waals surface area contributed by atoms with Gasteiger partial charge >= 0.3 is 0 Å². The molecule has 70 valence electrons. The SMILES string of the molecule is CC(=O)[C@@H](O)[C@H]1CC[C@H](N)CC1. The number of rotatable bonds is 2. The van der Waals surface area contributed by atoms with Gasteiger partial charge in [-0.25, -0.2) is 0 Å². The second-order valence-corrected chi connectivity index (χ2v) is 3.73. The summed E-state index contributed by atoms with van der Waals surface area (Å²) in [5, 5.41) is 9.45. The molecule has 0 bridgehead atoms. The van der Waals surface area contributed by atoms with E-state index in [0.29, 0.717) is 0 Å². The Morgan fingerprint density at radius 2 is 1.92 bits per heavy atom. The number of ketones is 1. The first-order chi connectivity index (χ1) is 5.61. The highest BCUT2D eigenvalue weighted by molar-refractivity contribution is 5.80. The van der Waals surface area contributed by atoms with Gasteiger partial charge in [-0.05, 0) is 38.5 Å². The van der Waals surface area contributed by atoms with Gasteiger partial charge in [0.05, 0.1) is 0 Å². The Labute approximate surface area is 72.9 Å². The molecule has 3 N–H and O–H groups in total. The molecule has 1 saturated carbocycles. The molecule has 0 saturated heterocycles. The lowest BCUT2D eigenvalue weighted by Gasteiger charge is -2.28. The van der Waals surface area contributed by atoms with Crippen LogP contribution in [-0.4, -0.2) is 23.0 Å². The van der Waals surface area contributed by atoms with E-state index < -0.39 is 6.10 Å². The molecule has 0 aromatic heterocycles. The highest BCUT2D eigenvalue weighted by Crippen LogP contribution is 2.26. The van der Waals surface area contributed by atoms with Crippen LogP contribution in [0.2, 0.25) is 0 Å². The van der Waals surface area contributed by atoms with Crippen molar-refractivity contribution in [2.75, 3.05) is 0 Å². The molecule has 0 spiro atoms. The smallest absolute Gasteiger partial charge is 0.158 e. The molecule has 0 aromatic carbocycles. The summed E-state index contributed by atoms with van der Waals surface area (Å²) < 4.78 is 0. The third kappa shape index (κ3) is 2.29. The van der Waals surface area contributed by atoms with Crippen LogP contribution in [0, 0.1) is 5.92 Å². The molecule has 1 fully saturated rings. The topological polar surface area (TPSA) is 63.3 Å². The van der Waals surface area contributed by atoms with Gasteiger partial charge < -0.3 is 10.8 Å². The minimum Gasteiger partial charge on any atom is -0.385 e. The Hall–Kier alpha value is -0.410. The van der Waals surface area contributed by atoms with Gasteiger partial charge in [-0.3, -0.25) is 4.79 Å². The van der Waals surface area contributed by atoms with Crippen LogP contribution in [0.4, 0.5) is 0 Å². The van der Waals surface area contributed by atoms with E-state index in [1.807, 2.05) is 0 Å². The van der Waals surface area contributed by atoms with E-state index >= 15 is 0 Å². The number of hydrogen-bond donors (Lipinski definition) is 2. The first-order valence-corrected chi connectivity index (χ1v) is 4.55. The molecule has 0 radical (unpaired) electrons. The predicted octanol–water partition coefficient (Wildman–Crippen LogP) is 0.454. The van der Waals surface area contributed by atoms with Crippen LogP contribution < -0.4 is 5.73 Å². The maximum absolute atomic E-state index is 10.8. The molecule has 0 aliphatic heterocycles. The van der Waals surface area contributed by atoms with Crippen molar-refractivity contribution in [1.29, 1.82) is 0 Å². The van der Waals surface area contributed by atoms with E-state index in [4.69, 9.17) is 5.73 Å². The first kappa shape index (κ1) is 9.68. The third-order valence-corrected chi connectivity index (χ3v) is 2.68. The van der Waals surface area contributed by atoms with E-state index in [9.17, 15) is 9.90 Å². The quantitative estimate of drug-likeness (QED) is 0.634. The van der Waals surface area contributed by atoms with E-state index in [1.54, 1.807) is 0 Å². The minimum atomic E-state index is -0.752. The summed E-state index contributed by atoms with van der Waals surface area (Å²) in [5.41, 5.74) is 5.71. The number of hydrogen-bond acceptors (Lipinski definition) is 3. The van der Waals surface area contributed by atoms with Crippen molar-refractivity contribution >= 4 is 5.78 Å². The van der Waals surface area contributed by atoms with Crippen molar-refractivity contribution in [2.45, 2.75) is 44.8 Å². The summed E-state index contributed by atoms with van der Waals surface area (Å²) in [4.78, 5) is 10.8. The fraction of sp³-hybridized carbons (Fsp3) is 0.889. The first-order valence-electron chi connectivity index (χ1n) is 4.55. The van der Waals surface area contributed by atoms with Crippen molar-refractivity contribution in [2.24, 2.45) is 11.7 Å². The molecular weight excluding hydrogens is 154 g/mol. The van der Waals surface area contributed by atoms with Crippen molar-refractivity contribution in [3.05, 3.63) is 0 Å². The molecule has 1 aliphatic rings. The van der Waals surface area contributed by atoms with Crippen molar-refractivity contribution < 1.29 is 9.90 Å². The molecule has 0 unspecified atom stereocenters. The minimum absolute atomic E-state index is 0.115. The van der Waals surface area contributed by atoms with Crippen LogP contribution in [-0.2, 0) is 4.79 Å². The lowest BCUT2D eigenvalue weighted by molar-refractivity contribution is -0.128. The standard InChI is InChI=1S/C9H17NO2/c1-6(11)9(12)7-2-4-8(10)5-3-7/h7-9,12H,2-5,10H2,1H3/t7-,8-,9-/m1/s1. The Morgan fingerprint density at radius 1 is 1.42 bits per heavy atom. The molecule has 12 heavy (non-hydrogen) atoms. The maximum atomic E-state index is 10.8. The number of carbonyl (C=O) groups is 1. The fourth-order valence-electron chi connectivity index (χ4n) is 1.79. The zero-order valence-corrected chi connectivity index (χ0v) is 7.49. The molecule has 1 rings (SSSR count). The fourth-order valence-corrected chi connectivity index (χ4v) is 1.79. The Morgan fingerprint density at radius 3 is 2.33 bits per heavy atom. The van der Waals surface area contributed by atoms with E-state index in [1.165, 1.54) is 6.92 Å². The highest BCUT2D eigenvalue weighted by Gasteiger charge is 2.27. The van der Waals surface area contributed by atoms with Gasteiger partial charge in [-0.15, -0.1) is 0 Å². The average molecular weight is 171 g/mol.